The molecule has 3 amide bonds. The third kappa shape index (κ3) is 4.85. The summed E-state index contributed by atoms with van der Waals surface area (Å²) < 4.78 is 6.68. The number of amides is 3. The lowest BCUT2D eigenvalue weighted by Crippen LogP contribution is -2.58. The summed E-state index contributed by atoms with van der Waals surface area (Å²) in [6.07, 6.45) is 1.61. The van der Waals surface area contributed by atoms with Crippen LogP contribution in [0.3, 0.4) is 0 Å². The van der Waals surface area contributed by atoms with Crippen molar-refractivity contribution >= 4 is 17.7 Å². The standard InChI is InChI=1S/C31H39N3O5/c1-20(2)16-23(19-35)34-26(28(37)33-18-22-12-8-5-9-13-22)31-15-14-30(3,39-31)24(25(31)29(34)38)27(36)32-17-21-10-6-4-7-11-21/h4-13,20,23-26,35H,14-19H2,1-3H3,(H,32,36)(H,33,37)/t23-,24+,25+,26?,30-,31?/m1/s1. The fraction of sp³-hybridized carbons (Fsp3) is 0.516. The zero-order valence-corrected chi connectivity index (χ0v) is 22.9. The lowest BCUT2D eigenvalue weighted by Gasteiger charge is -2.37. The lowest BCUT2D eigenvalue weighted by molar-refractivity contribution is -0.150. The molecule has 2 aromatic carbocycles. The first kappa shape index (κ1) is 27.3. The third-order valence-electron chi connectivity index (χ3n) is 8.71. The number of rotatable bonds is 10. The van der Waals surface area contributed by atoms with Crippen LogP contribution < -0.4 is 10.6 Å². The van der Waals surface area contributed by atoms with Gasteiger partial charge in [0.1, 0.15) is 11.6 Å². The first-order valence-corrected chi connectivity index (χ1v) is 14.0. The molecule has 2 unspecified atom stereocenters. The molecule has 208 valence electrons. The summed E-state index contributed by atoms with van der Waals surface area (Å²) in [5.74, 6) is -2.16. The number of carbonyl (C=O) groups excluding carboxylic acids is 3. The minimum absolute atomic E-state index is 0.195. The third-order valence-corrected chi connectivity index (χ3v) is 8.71. The van der Waals surface area contributed by atoms with Crippen LogP contribution in [0, 0.1) is 17.8 Å². The summed E-state index contributed by atoms with van der Waals surface area (Å²) in [4.78, 5) is 43.4. The van der Waals surface area contributed by atoms with Gasteiger partial charge in [-0.1, -0.05) is 74.5 Å². The molecular weight excluding hydrogens is 494 g/mol. The van der Waals surface area contributed by atoms with Crippen LogP contribution in [0.25, 0.3) is 0 Å². The van der Waals surface area contributed by atoms with Gasteiger partial charge in [-0.15, -0.1) is 0 Å². The number of hydrogen-bond acceptors (Lipinski definition) is 5. The Hall–Kier alpha value is -3.23. The second-order valence-electron chi connectivity index (χ2n) is 11.8. The lowest BCUT2D eigenvalue weighted by atomic mass is 9.66. The zero-order valence-electron chi connectivity index (χ0n) is 22.9. The number of likely N-dealkylation sites (tertiary alicyclic amines) is 1. The van der Waals surface area contributed by atoms with Gasteiger partial charge in [0.15, 0.2) is 0 Å². The molecule has 3 aliphatic heterocycles. The second kappa shape index (κ2) is 10.7. The van der Waals surface area contributed by atoms with Crippen LogP contribution in [0.15, 0.2) is 60.7 Å². The normalized spacial score (nSPS) is 29.9. The van der Waals surface area contributed by atoms with Gasteiger partial charge in [0, 0.05) is 13.1 Å². The largest absolute Gasteiger partial charge is 0.394 e. The van der Waals surface area contributed by atoms with Crippen molar-refractivity contribution < 1.29 is 24.2 Å². The molecule has 8 nitrogen and oxygen atoms in total. The van der Waals surface area contributed by atoms with Gasteiger partial charge in [-0.3, -0.25) is 14.4 Å². The van der Waals surface area contributed by atoms with Gasteiger partial charge in [-0.05, 0) is 43.2 Å². The molecule has 39 heavy (non-hydrogen) atoms. The second-order valence-corrected chi connectivity index (χ2v) is 11.8. The highest BCUT2D eigenvalue weighted by molar-refractivity contribution is 5.99. The first-order chi connectivity index (χ1) is 18.7. The predicted octanol–water partition coefficient (Wildman–Crippen LogP) is 2.79. The van der Waals surface area contributed by atoms with E-state index in [1.54, 1.807) is 4.90 Å². The van der Waals surface area contributed by atoms with E-state index in [2.05, 4.69) is 10.6 Å². The van der Waals surface area contributed by atoms with Crippen LogP contribution in [0.5, 0.6) is 0 Å². The minimum atomic E-state index is -1.12. The Labute approximate surface area is 230 Å². The summed E-state index contributed by atoms with van der Waals surface area (Å²) in [5.41, 5.74) is -0.0630. The summed E-state index contributed by atoms with van der Waals surface area (Å²) in [6, 6.07) is 17.8. The van der Waals surface area contributed by atoms with E-state index in [9.17, 15) is 19.5 Å². The van der Waals surface area contributed by atoms with E-state index in [0.29, 0.717) is 32.4 Å². The highest BCUT2D eigenvalue weighted by atomic mass is 16.5. The van der Waals surface area contributed by atoms with E-state index in [0.717, 1.165) is 11.1 Å². The number of aliphatic hydroxyl groups is 1. The fourth-order valence-electron chi connectivity index (χ4n) is 7.05. The van der Waals surface area contributed by atoms with Crippen molar-refractivity contribution in [1.29, 1.82) is 0 Å². The van der Waals surface area contributed by atoms with E-state index in [4.69, 9.17) is 4.74 Å². The Morgan fingerprint density at radius 2 is 1.54 bits per heavy atom. The van der Waals surface area contributed by atoms with Gasteiger partial charge >= 0.3 is 0 Å². The molecule has 8 heteroatoms. The molecule has 2 bridgehead atoms. The number of ether oxygens (including phenoxy) is 1. The molecular formula is C31H39N3O5. The Bertz CT molecular complexity index is 1210. The Kier molecular flexibility index (Phi) is 7.53. The van der Waals surface area contributed by atoms with Crippen molar-refractivity contribution in [3.8, 4) is 0 Å². The van der Waals surface area contributed by atoms with E-state index < -0.39 is 35.1 Å². The summed E-state index contributed by atoms with van der Waals surface area (Å²) in [6.45, 7) is 6.33. The van der Waals surface area contributed by atoms with Crippen LogP contribution in [0.1, 0.15) is 51.2 Å². The fourth-order valence-corrected chi connectivity index (χ4v) is 7.05. The Morgan fingerprint density at radius 1 is 0.974 bits per heavy atom. The number of nitrogens with zero attached hydrogens (tertiary/aromatic N) is 1. The van der Waals surface area contributed by atoms with Crippen LogP contribution in [0.2, 0.25) is 0 Å². The SMILES string of the molecule is CC(C)C[C@H](CO)N1C(=O)[C@@H]2[C@@H](C(=O)NCc3ccccc3)[C@@]3(C)CCC2(O3)C1C(=O)NCc1ccccc1. The predicted molar refractivity (Wildman–Crippen MR) is 146 cm³/mol. The van der Waals surface area contributed by atoms with Gasteiger partial charge in [-0.25, -0.2) is 0 Å². The molecule has 0 aromatic heterocycles. The Morgan fingerprint density at radius 3 is 2.08 bits per heavy atom. The number of carbonyl (C=O) groups is 3. The number of hydrogen-bond donors (Lipinski definition) is 3. The molecule has 5 rings (SSSR count). The highest BCUT2D eigenvalue weighted by Gasteiger charge is 2.78. The monoisotopic (exact) mass is 533 g/mol. The molecule has 2 aromatic rings. The summed E-state index contributed by atoms with van der Waals surface area (Å²) in [7, 11) is 0. The van der Waals surface area contributed by atoms with E-state index in [-0.39, 0.29) is 30.2 Å². The summed E-state index contributed by atoms with van der Waals surface area (Å²) >= 11 is 0. The molecule has 0 saturated carbocycles. The van der Waals surface area contributed by atoms with Crippen molar-refractivity contribution in [2.75, 3.05) is 6.61 Å². The van der Waals surface area contributed by atoms with E-state index in [1.165, 1.54) is 0 Å². The van der Waals surface area contributed by atoms with Crippen molar-refractivity contribution in [1.82, 2.24) is 15.5 Å². The average molecular weight is 534 g/mol. The molecule has 0 aliphatic carbocycles. The minimum Gasteiger partial charge on any atom is -0.394 e. The van der Waals surface area contributed by atoms with Gasteiger partial charge in [0.25, 0.3) is 0 Å². The van der Waals surface area contributed by atoms with Crippen molar-refractivity contribution in [3.05, 3.63) is 71.8 Å². The average Bonchev–Trinajstić information content (AvgIpc) is 3.50. The van der Waals surface area contributed by atoms with Crippen LogP contribution in [-0.2, 0) is 32.2 Å². The molecule has 3 saturated heterocycles. The molecule has 3 fully saturated rings. The molecule has 3 aliphatic rings. The first-order valence-electron chi connectivity index (χ1n) is 14.0. The molecule has 0 radical (unpaired) electrons. The van der Waals surface area contributed by atoms with Gasteiger partial charge in [0.05, 0.1) is 30.1 Å². The number of fused-ring (bicyclic) bond motifs is 1. The van der Waals surface area contributed by atoms with Crippen molar-refractivity contribution in [2.24, 2.45) is 17.8 Å². The van der Waals surface area contributed by atoms with Crippen LogP contribution in [-0.4, -0.2) is 57.6 Å². The maximum absolute atomic E-state index is 14.2. The quantitative estimate of drug-likeness (QED) is 0.435. The molecule has 6 atom stereocenters. The molecule has 3 heterocycles. The number of benzene rings is 2. The van der Waals surface area contributed by atoms with Crippen LogP contribution >= 0.6 is 0 Å². The van der Waals surface area contributed by atoms with Gasteiger partial charge in [0.2, 0.25) is 17.7 Å². The van der Waals surface area contributed by atoms with Gasteiger partial charge < -0.3 is 25.4 Å². The smallest absolute Gasteiger partial charge is 0.246 e. The molecule has 3 N–H and O–H groups in total. The maximum atomic E-state index is 14.2. The number of nitrogens with one attached hydrogen (secondary N) is 2. The molecule has 1 spiro atoms. The highest BCUT2D eigenvalue weighted by Crippen LogP contribution is 2.63. The van der Waals surface area contributed by atoms with Crippen molar-refractivity contribution in [2.45, 2.75) is 76.4 Å². The Balaban J connectivity index is 1.46. The number of aliphatic hydroxyl groups excluding tert-OH is 1. The van der Waals surface area contributed by atoms with E-state index >= 15 is 0 Å². The van der Waals surface area contributed by atoms with Gasteiger partial charge in [-0.2, -0.15) is 0 Å². The van der Waals surface area contributed by atoms with Crippen molar-refractivity contribution in [3.63, 3.8) is 0 Å². The topological polar surface area (TPSA) is 108 Å². The summed E-state index contributed by atoms with van der Waals surface area (Å²) in [5, 5.41) is 16.4. The van der Waals surface area contributed by atoms with E-state index in [1.807, 2.05) is 81.4 Å². The zero-order chi connectivity index (χ0) is 27.8. The maximum Gasteiger partial charge on any atom is 0.246 e. The van der Waals surface area contributed by atoms with Crippen LogP contribution in [0.4, 0.5) is 0 Å².